The average Bonchev–Trinajstić information content (AvgIpc) is 1.96. The summed E-state index contributed by atoms with van der Waals surface area (Å²) < 4.78 is 0. The highest BCUT2D eigenvalue weighted by Gasteiger charge is 2.23. The van der Waals surface area contributed by atoms with Gasteiger partial charge >= 0.3 is 0 Å². The van der Waals surface area contributed by atoms with Crippen LogP contribution in [0.2, 0.25) is 0 Å². The molecule has 0 saturated carbocycles. The Morgan fingerprint density at radius 1 is 1.60 bits per heavy atom. The first-order valence-electron chi connectivity index (χ1n) is 3.08. The zero-order valence-corrected chi connectivity index (χ0v) is 5.49. The summed E-state index contributed by atoms with van der Waals surface area (Å²) in [5, 5.41) is 26.7. The molecule has 0 amide bonds. The van der Waals surface area contributed by atoms with Crippen molar-refractivity contribution >= 4 is 0 Å². The van der Waals surface area contributed by atoms with Crippen LogP contribution in [0.25, 0.3) is 0 Å². The first kappa shape index (κ1) is 7.31. The van der Waals surface area contributed by atoms with Gasteiger partial charge in [0, 0.05) is 6.42 Å². The maximum Gasteiger partial charge on any atom is 0.111 e. The minimum Gasteiger partial charge on any atom is -0.508 e. The maximum atomic E-state index is 9.31. The minimum absolute atomic E-state index is 0.137. The second-order valence-corrected chi connectivity index (χ2v) is 2.43. The van der Waals surface area contributed by atoms with E-state index in [4.69, 9.17) is 10.2 Å². The Kier molecular flexibility index (Phi) is 1.78. The van der Waals surface area contributed by atoms with E-state index in [1.807, 2.05) is 0 Å². The summed E-state index contributed by atoms with van der Waals surface area (Å²) in [6.07, 6.45) is 4.50. The first-order chi connectivity index (χ1) is 4.66. The lowest BCUT2D eigenvalue weighted by atomic mass is 9.96. The summed E-state index contributed by atoms with van der Waals surface area (Å²) in [5.41, 5.74) is -1.16. The standard InChI is InChI=1S/C7H10O3/c8-5-7(10)3-1-6(9)2-4-7/h1-3,8-10H,4-5H2. The van der Waals surface area contributed by atoms with E-state index >= 15 is 0 Å². The smallest absolute Gasteiger partial charge is 0.111 e. The Labute approximate surface area is 58.9 Å². The van der Waals surface area contributed by atoms with Crippen LogP contribution in [0.1, 0.15) is 6.42 Å². The van der Waals surface area contributed by atoms with Crippen LogP contribution in [-0.4, -0.2) is 27.5 Å². The van der Waals surface area contributed by atoms with Gasteiger partial charge in [0.1, 0.15) is 11.4 Å². The normalized spacial score (nSPS) is 32.0. The third kappa shape index (κ3) is 1.37. The third-order valence-electron chi connectivity index (χ3n) is 1.50. The quantitative estimate of drug-likeness (QED) is 0.487. The lowest BCUT2D eigenvalue weighted by molar-refractivity contribution is 0.0277. The van der Waals surface area contributed by atoms with Crippen LogP contribution in [0.4, 0.5) is 0 Å². The van der Waals surface area contributed by atoms with E-state index in [2.05, 4.69) is 0 Å². The number of hydrogen-bond donors (Lipinski definition) is 3. The van der Waals surface area contributed by atoms with Gasteiger partial charge in [-0.1, -0.05) is 0 Å². The molecule has 3 nitrogen and oxygen atoms in total. The second-order valence-electron chi connectivity index (χ2n) is 2.43. The Morgan fingerprint density at radius 2 is 2.30 bits per heavy atom. The molecule has 1 rings (SSSR count). The SMILES string of the molecule is OCC1(O)C=CC(O)=CC1. The summed E-state index contributed by atoms with van der Waals surface area (Å²) in [7, 11) is 0. The average molecular weight is 142 g/mol. The number of rotatable bonds is 1. The Morgan fingerprint density at radius 3 is 2.70 bits per heavy atom. The molecule has 0 heterocycles. The van der Waals surface area contributed by atoms with Gasteiger partial charge in [-0.25, -0.2) is 0 Å². The summed E-state index contributed by atoms with van der Waals surface area (Å²) in [6, 6.07) is 0. The molecule has 0 aromatic heterocycles. The maximum absolute atomic E-state index is 9.31. The molecule has 56 valence electrons. The van der Waals surface area contributed by atoms with Crippen LogP contribution in [0.3, 0.4) is 0 Å². The van der Waals surface area contributed by atoms with E-state index in [1.54, 1.807) is 0 Å². The van der Waals surface area contributed by atoms with E-state index in [9.17, 15) is 5.11 Å². The van der Waals surface area contributed by atoms with E-state index in [0.717, 1.165) is 0 Å². The van der Waals surface area contributed by atoms with Crippen LogP contribution >= 0.6 is 0 Å². The predicted molar refractivity (Wildman–Crippen MR) is 36.5 cm³/mol. The lowest BCUT2D eigenvalue weighted by Gasteiger charge is -2.22. The van der Waals surface area contributed by atoms with Crippen molar-refractivity contribution < 1.29 is 15.3 Å². The zero-order valence-electron chi connectivity index (χ0n) is 5.49. The van der Waals surface area contributed by atoms with Crippen LogP contribution < -0.4 is 0 Å². The number of hydrogen-bond acceptors (Lipinski definition) is 3. The Balaban J connectivity index is 2.67. The summed E-state index contributed by atoms with van der Waals surface area (Å²) >= 11 is 0. The highest BCUT2D eigenvalue weighted by Crippen LogP contribution is 2.18. The van der Waals surface area contributed by atoms with Crippen LogP contribution in [0.5, 0.6) is 0 Å². The van der Waals surface area contributed by atoms with Gasteiger partial charge in [-0.3, -0.25) is 0 Å². The van der Waals surface area contributed by atoms with Crippen molar-refractivity contribution in [2.45, 2.75) is 12.0 Å². The summed E-state index contributed by atoms with van der Waals surface area (Å²) in [4.78, 5) is 0. The van der Waals surface area contributed by atoms with Crippen molar-refractivity contribution in [1.82, 2.24) is 0 Å². The fourth-order valence-corrected chi connectivity index (χ4v) is 0.775. The van der Waals surface area contributed by atoms with Crippen molar-refractivity contribution in [3.63, 3.8) is 0 Å². The van der Waals surface area contributed by atoms with Gasteiger partial charge < -0.3 is 15.3 Å². The predicted octanol–water partition coefficient (Wildman–Crippen LogP) is 0.112. The van der Waals surface area contributed by atoms with Gasteiger partial charge in [0.2, 0.25) is 0 Å². The third-order valence-corrected chi connectivity index (χ3v) is 1.50. The zero-order chi connectivity index (χ0) is 7.61. The van der Waals surface area contributed by atoms with Gasteiger partial charge in [-0.2, -0.15) is 0 Å². The molecular formula is C7H10O3. The number of allylic oxidation sites excluding steroid dienone is 1. The van der Waals surface area contributed by atoms with Crippen LogP contribution in [-0.2, 0) is 0 Å². The number of aliphatic hydroxyl groups is 3. The summed E-state index contributed by atoms with van der Waals surface area (Å²) in [6.45, 7) is -0.312. The molecule has 0 radical (unpaired) electrons. The first-order valence-corrected chi connectivity index (χ1v) is 3.08. The van der Waals surface area contributed by atoms with Gasteiger partial charge in [0.25, 0.3) is 0 Å². The molecule has 1 aliphatic carbocycles. The molecule has 0 aromatic rings. The monoisotopic (exact) mass is 142 g/mol. The van der Waals surface area contributed by atoms with Gasteiger partial charge in [0.05, 0.1) is 6.61 Å². The van der Waals surface area contributed by atoms with E-state index in [-0.39, 0.29) is 18.8 Å². The van der Waals surface area contributed by atoms with E-state index < -0.39 is 5.60 Å². The van der Waals surface area contributed by atoms with Crippen molar-refractivity contribution in [1.29, 1.82) is 0 Å². The molecule has 1 aliphatic rings. The lowest BCUT2D eigenvalue weighted by Crippen LogP contribution is -2.31. The van der Waals surface area contributed by atoms with Crippen LogP contribution in [0, 0.1) is 0 Å². The molecule has 0 spiro atoms. The Hall–Kier alpha value is -0.800. The molecule has 3 heteroatoms. The highest BCUT2D eigenvalue weighted by molar-refractivity contribution is 5.22. The van der Waals surface area contributed by atoms with Crippen molar-refractivity contribution in [2.75, 3.05) is 6.61 Å². The van der Waals surface area contributed by atoms with Gasteiger partial charge in [0.15, 0.2) is 0 Å². The molecule has 1 atom stereocenters. The minimum atomic E-state index is -1.16. The van der Waals surface area contributed by atoms with Gasteiger partial charge in [-0.15, -0.1) is 0 Å². The number of aliphatic hydroxyl groups excluding tert-OH is 2. The highest BCUT2D eigenvalue weighted by atomic mass is 16.3. The topological polar surface area (TPSA) is 60.7 Å². The second kappa shape index (κ2) is 2.44. The molecule has 0 aromatic carbocycles. The molecule has 0 bridgehead atoms. The fraction of sp³-hybridized carbons (Fsp3) is 0.429. The van der Waals surface area contributed by atoms with Crippen LogP contribution in [0.15, 0.2) is 24.0 Å². The van der Waals surface area contributed by atoms with Crippen molar-refractivity contribution in [3.05, 3.63) is 24.0 Å². The molecule has 10 heavy (non-hydrogen) atoms. The Bertz CT molecular complexity index is 183. The van der Waals surface area contributed by atoms with E-state index in [1.165, 1.54) is 18.2 Å². The molecule has 3 N–H and O–H groups in total. The molecular weight excluding hydrogens is 132 g/mol. The van der Waals surface area contributed by atoms with Crippen molar-refractivity contribution in [2.24, 2.45) is 0 Å². The van der Waals surface area contributed by atoms with Gasteiger partial charge in [-0.05, 0) is 18.2 Å². The van der Waals surface area contributed by atoms with Crippen molar-refractivity contribution in [3.8, 4) is 0 Å². The molecule has 0 saturated heterocycles. The molecule has 0 aliphatic heterocycles. The fourth-order valence-electron chi connectivity index (χ4n) is 0.775. The molecule has 0 fully saturated rings. The largest absolute Gasteiger partial charge is 0.508 e. The molecule has 1 unspecified atom stereocenters. The summed E-state index contributed by atoms with van der Waals surface area (Å²) in [5.74, 6) is 0.137. The van der Waals surface area contributed by atoms with E-state index in [0.29, 0.717) is 0 Å².